The summed E-state index contributed by atoms with van der Waals surface area (Å²) in [5, 5.41) is 6.65. The van der Waals surface area contributed by atoms with Crippen molar-refractivity contribution in [2.24, 2.45) is 5.92 Å². The zero-order valence-corrected chi connectivity index (χ0v) is 12.5. The molecule has 0 aromatic carbocycles. The number of aryl methyl sites for hydroxylation is 2. The molecular weight excluding hydrogens is 264 g/mol. The van der Waals surface area contributed by atoms with Crippen LogP contribution >= 0.6 is 0 Å². The van der Waals surface area contributed by atoms with Gasteiger partial charge in [0.25, 0.3) is 0 Å². The van der Waals surface area contributed by atoms with Crippen LogP contribution in [-0.2, 0) is 10.0 Å². The molecule has 1 aromatic rings. The lowest BCUT2D eigenvalue weighted by molar-refractivity contribution is 0.211. The Morgan fingerprint density at radius 3 is 2.79 bits per heavy atom. The van der Waals surface area contributed by atoms with Gasteiger partial charge in [-0.1, -0.05) is 0 Å². The molecule has 0 radical (unpaired) electrons. The van der Waals surface area contributed by atoms with E-state index in [0.29, 0.717) is 23.9 Å². The molecule has 0 spiro atoms. The van der Waals surface area contributed by atoms with Gasteiger partial charge in [-0.15, -0.1) is 0 Å². The van der Waals surface area contributed by atoms with E-state index in [2.05, 4.69) is 26.9 Å². The van der Waals surface area contributed by atoms with E-state index in [1.165, 1.54) is 0 Å². The van der Waals surface area contributed by atoms with E-state index in [9.17, 15) is 8.42 Å². The van der Waals surface area contributed by atoms with Crippen LogP contribution < -0.4 is 4.72 Å². The molecule has 1 saturated heterocycles. The van der Waals surface area contributed by atoms with Crippen LogP contribution in [0.15, 0.2) is 4.90 Å². The highest BCUT2D eigenvalue weighted by Crippen LogP contribution is 2.18. The van der Waals surface area contributed by atoms with Crippen molar-refractivity contribution in [1.29, 1.82) is 0 Å². The number of hydrogen-bond acceptors (Lipinski definition) is 4. The fraction of sp³-hybridized carbons (Fsp3) is 0.750. The second-order valence-corrected chi connectivity index (χ2v) is 7.09. The molecule has 0 aliphatic carbocycles. The Kier molecular flexibility index (Phi) is 4.27. The molecular formula is C12H22N4O2S. The number of nitrogens with one attached hydrogen (secondary N) is 2. The molecule has 108 valence electrons. The number of rotatable bonds is 4. The highest BCUT2D eigenvalue weighted by molar-refractivity contribution is 7.89. The van der Waals surface area contributed by atoms with Crippen molar-refractivity contribution in [2.45, 2.75) is 31.6 Å². The molecule has 0 saturated carbocycles. The van der Waals surface area contributed by atoms with Crippen LogP contribution in [0, 0.1) is 19.8 Å². The van der Waals surface area contributed by atoms with Crippen molar-refractivity contribution in [3.05, 3.63) is 11.4 Å². The van der Waals surface area contributed by atoms with E-state index in [1.807, 2.05) is 0 Å². The number of sulfonamides is 1. The molecule has 2 rings (SSSR count). The van der Waals surface area contributed by atoms with Gasteiger partial charge in [-0.25, -0.2) is 13.1 Å². The molecule has 1 unspecified atom stereocenters. The molecule has 2 heterocycles. The van der Waals surface area contributed by atoms with Gasteiger partial charge in [-0.05, 0) is 46.2 Å². The van der Waals surface area contributed by atoms with Gasteiger partial charge in [0.1, 0.15) is 4.90 Å². The average molecular weight is 286 g/mol. The maximum Gasteiger partial charge on any atom is 0.244 e. The zero-order valence-electron chi connectivity index (χ0n) is 11.7. The fourth-order valence-corrected chi connectivity index (χ4v) is 4.16. The standard InChI is InChI=1S/C12H22N4O2S/c1-9-12(10(2)15-14-9)19(17,18)13-7-11-5-4-6-16(3)8-11/h11,13H,4-8H2,1-3H3,(H,14,15). The highest BCUT2D eigenvalue weighted by atomic mass is 32.2. The van der Waals surface area contributed by atoms with E-state index in [-0.39, 0.29) is 4.90 Å². The van der Waals surface area contributed by atoms with Crippen LogP contribution in [0.5, 0.6) is 0 Å². The van der Waals surface area contributed by atoms with Gasteiger partial charge in [-0.3, -0.25) is 5.10 Å². The molecule has 19 heavy (non-hydrogen) atoms. The summed E-state index contributed by atoms with van der Waals surface area (Å²) in [6.07, 6.45) is 2.21. The highest BCUT2D eigenvalue weighted by Gasteiger charge is 2.24. The molecule has 1 aliphatic heterocycles. The molecule has 1 aromatic heterocycles. The van der Waals surface area contributed by atoms with Crippen LogP contribution in [0.4, 0.5) is 0 Å². The van der Waals surface area contributed by atoms with Crippen molar-refractivity contribution in [3.8, 4) is 0 Å². The Balaban J connectivity index is 2.02. The number of piperidine rings is 1. The first kappa shape index (κ1) is 14.5. The zero-order chi connectivity index (χ0) is 14.0. The van der Waals surface area contributed by atoms with E-state index in [1.54, 1.807) is 13.8 Å². The first-order valence-corrected chi connectivity index (χ1v) is 8.08. The second-order valence-electron chi connectivity index (χ2n) is 5.39. The smallest absolute Gasteiger partial charge is 0.244 e. The van der Waals surface area contributed by atoms with Crippen molar-refractivity contribution in [1.82, 2.24) is 19.8 Å². The molecule has 6 nitrogen and oxygen atoms in total. The lowest BCUT2D eigenvalue weighted by Crippen LogP contribution is -2.39. The van der Waals surface area contributed by atoms with Gasteiger partial charge in [0.2, 0.25) is 10.0 Å². The molecule has 7 heteroatoms. The van der Waals surface area contributed by atoms with Gasteiger partial charge in [0, 0.05) is 13.1 Å². The monoisotopic (exact) mass is 286 g/mol. The molecule has 2 N–H and O–H groups in total. The minimum atomic E-state index is -3.46. The maximum atomic E-state index is 12.3. The lowest BCUT2D eigenvalue weighted by atomic mass is 9.99. The van der Waals surface area contributed by atoms with Crippen LogP contribution in [0.1, 0.15) is 24.2 Å². The number of nitrogens with zero attached hydrogens (tertiary/aromatic N) is 2. The summed E-state index contributed by atoms with van der Waals surface area (Å²) < 4.78 is 27.3. The van der Waals surface area contributed by atoms with Crippen molar-refractivity contribution < 1.29 is 8.42 Å². The lowest BCUT2D eigenvalue weighted by Gasteiger charge is -2.29. The van der Waals surface area contributed by atoms with Crippen LogP contribution in [0.3, 0.4) is 0 Å². The Bertz CT molecular complexity index is 518. The Hall–Kier alpha value is -0.920. The first-order chi connectivity index (χ1) is 8.90. The SMILES string of the molecule is Cc1n[nH]c(C)c1S(=O)(=O)NCC1CCCN(C)C1. The minimum absolute atomic E-state index is 0.289. The number of aromatic nitrogens is 2. The van der Waals surface area contributed by atoms with Crippen molar-refractivity contribution in [3.63, 3.8) is 0 Å². The summed E-state index contributed by atoms with van der Waals surface area (Å²) in [5.41, 5.74) is 1.11. The summed E-state index contributed by atoms with van der Waals surface area (Å²) in [5.74, 6) is 0.390. The quantitative estimate of drug-likeness (QED) is 0.852. The minimum Gasteiger partial charge on any atom is -0.306 e. The van der Waals surface area contributed by atoms with Crippen LogP contribution in [0.25, 0.3) is 0 Å². The topological polar surface area (TPSA) is 78.1 Å². The maximum absolute atomic E-state index is 12.3. The number of H-pyrrole nitrogens is 1. The summed E-state index contributed by atoms with van der Waals surface area (Å²) in [4.78, 5) is 2.54. The van der Waals surface area contributed by atoms with E-state index in [0.717, 1.165) is 25.9 Å². The molecule has 1 atom stereocenters. The number of likely N-dealkylation sites (tertiary alicyclic amines) is 1. The normalized spacial score (nSPS) is 21.7. The molecule has 0 bridgehead atoms. The third-order valence-electron chi connectivity index (χ3n) is 3.61. The van der Waals surface area contributed by atoms with E-state index < -0.39 is 10.0 Å². The summed E-state index contributed by atoms with van der Waals surface area (Å²) in [6.45, 7) is 5.97. The summed E-state index contributed by atoms with van der Waals surface area (Å²) >= 11 is 0. The summed E-state index contributed by atoms with van der Waals surface area (Å²) in [6, 6.07) is 0. The van der Waals surface area contributed by atoms with Gasteiger partial charge in [0.15, 0.2) is 0 Å². The second kappa shape index (κ2) is 5.60. The first-order valence-electron chi connectivity index (χ1n) is 6.60. The summed E-state index contributed by atoms with van der Waals surface area (Å²) in [7, 11) is -1.38. The van der Waals surface area contributed by atoms with Gasteiger partial charge < -0.3 is 4.90 Å². The van der Waals surface area contributed by atoms with E-state index >= 15 is 0 Å². The predicted octanol–water partition coefficient (Wildman–Crippen LogP) is 0.647. The van der Waals surface area contributed by atoms with Gasteiger partial charge in [0.05, 0.1) is 11.4 Å². The van der Waals surface area contributed by atoms with Gasteiger partial charge in [-0.2, -0.15) is 5.10 Å². The fourth-order valence-electron chi connectivity index (χ4n) is 2.68. The Morgan fingerprint density at radius 1 is 1.47 bits per heavy atom. The third kappa shape index (κ3) is 3.34. The molecule has 0 amide bonds. The predicted molar refractivity (Wildman–Crippen MR) is 73.5 cm³/mol. The van der Waals surface area contributed by atoms with E-state index in [4.69, 9.17) is 0 Å². The Morgan fingerprint density at radius 2 is 2.21 bits per heavy atom. The average Bonchev–Trinajstić information content (AvgIpc) is 2.67. The van der Waals surface area contributed by atoms with Gasteiger partial charge >= 0.3 is 0 Å². The third-order valence-corrected chi connectivity index (χ3v) is 5.30. The van der Waals surface area contributed by atoms with Crippen LogP contribution in [0.2, 0.25) is 0 Å². The number of aromatic amines is 1. The van der Waals surface area contributed by atoms with Crippen LogP contribution in [-0.4, -0.2) is 50.2 Å². The Labute approximate surface area is 114 Å². The van der Waals surface area contributed by atoms with Crippen molar-refractivity contribution >= 4 is 10.0 Å². The number of hydrogen-bond donors (Lipinski definition) is 2. The molecule has 1 fully saturated rings. The molecule has 1 aliphatic rings. The largest absolute Gasteiger partial charge is 0.306 e. The van der Waals surface area contributed by atoms with Crippen molar-refractivity contribution in [2.75, 3.05) is 26.7 Å².